The summed E-state index contributed by atoms with van der Waals surface area (Å²) in [6.07, 6.45) is 2.50. The van der Waals surface area contributed by atoms with Crippen LogP contribution < -0.4 is 26.1 Å². The zero-order chi connectivity index (χ0) is 17.1. The van der Waals surface area contributed by atoms with Crippen molar-refractivity contribution in [3.8, 4) is 11.5 Å². The van der Waals surface area contributed by atoms with E-state index < -0.39 is 0 Å². The lowest BCUT2D eigenvalue weighted by atomic mass is 10.2. The van der Waals surface area contributed by atoms with E-state index in [0.717, 1.165) is 30.5 Å². The monoisotopic (exact) mass is 329 g/mol. The summed E-state index contributed by atoms with van der Waals surface area (Å²) in [5.74, 6) is 1.51. The van der Waals surface area contributed by atoms with Crippen molar-refractivity contribution in [2.75, 3.05) is 19.5 Å². The second-order valence-electron chi connectivity index (χ2n) is 5.36. The molecule has 0 saturated heterocycles. The minimum atomic E-state index is -0.147. The van der Waals surface area contributed by atoms with Gasteiger partial charge in [-0.25, -0.2) is 4.98 Å². The second kappa shape index (κ2) is 6.61. The summed E-state index contributed by atoms with van der Waals surface area (Å²) in [4.78, 5) is 23.1. The maximum absolute atomic E-state index is 12.0. The van der Waals surface area contributed by atoms with Gasteiger partial charge in [0.2, 0.25) is 11.9 Å². The molecule has 0 bridgehead atoms. The Hall–Kier alpha value is -3.03. The fraction of sp³-hybridized carbons (Fsp3) is 0.312. The maximum Gasteiger partial charge on any atom is 0.255 e. The molecule has 2 aromatic rings. The molecule has 0 unspecified atom stereocenters. The SMILES string of the molecule is COc1ccc(N/C(N)=N/c2nc3c(c(=O)[nH]2)CCC3)c(OC)c1. The van der Waals surface area contributed by atoms with E-state index in [1.54, 1.807) is 32.4 Å². The van der Waals surface area contributed by atoms with Crippen LogP contribution in [0.2, 0.25) is 0 Å². The van der Waals surface area contributed by atoms with E-state index in [1.165, 1.54) is 0 Å². The van der Waals surface area contributed by atoms with Crippen LogP contribution in [-0.4, -0.2) is 30.1 Å². The van der Waals surface area contributed by atoms with Crippen LogP contribution in [0.4, 0.5) is 11.6 Å². The van der Waals surface area contributed by atoms with E-state index in [0.29, 0.717) is 17.2 Å². The van der Waals surface area contributed by atoms with Gasteiger partial charge in [0.25, 0.3) is 5.56 Å². The first-order valence-electron chi connectivity index (χ1n) is 7.56. The van der Waals surface area contributed by atoms with E-state index >= 15 is 0 Å². The predicted octanol–water partition coefficient (Wildman–Crippen LogP) is 1.33. The van der Waals surface area contributed by atoms with Crippen molar-refractivity contribution >= 4 is 17.6 Å². The number of H-pyrrole nitrogens is 1. The number of hydrogen-bond donors (Lipinski definition) is 3. The molecular weight excluding hydrogens is 310 g/mol. The molecule has 4 N–H and O–H groups in total. The van der Waals surface area contributed by atoms with Crippen LogP contribution >= 0.6 is 0 Å². The summed E-state index contributed by atoms with van der Waals surface area (Å²) in [6.45, 7) is 0. The number of nitrogens with two attached hydrogens (primary N) is 1. The number of anilines is 1. The summed E-state index contributed by atoms with van der Waals surface area (Å²) in [7, 11) is 3.13. The third kappa shape index (κ3) is 3.17. The third-order valence-corrected chi connectivity index (χ3v) is 3.83. The van der Waals surface area contributed by atoms with E-state index in [1.807, 2.05) is 0 Å². The van der Waals surface area contributed by atoms with E-state index in [4.69, 9.17) is 15.2 Å². The van der Waals surface area contributed by atoms with Crippen LogP contribution in [-0.2, 0) is 12.8 Å². The molecular formula is C16H19N5O3. The number of aromatic nitrogens is 2. The first-order valence-corrected chi connectivity index (χ1v) is 7.56. The van der Waals surface area contributed by atoms with Crippen molar-refractivity contribution in [2.24, 2.45) is 10.7 Å². The molecule has 126 valence electrons. The third-order valence-electron chi connectivity index (χ3n) is 3.83. The van der Waals surface area contributed by atoms with Crippen LogP contribution in [0.15, 0.2) is 28.0 Å². The highest BCUT2D eigenvalue weighted by molar-refractivity contribution is 5.95. The molecule has 1 aliphatic rings. The van der Waals surface area contributed by atoms with Gasteiger partial charge >= 0.3 is 0 Å². The van der Waals surface area contributed by atoms with Gasteiger partial charge in [-0.3, -0.25) is 9.78 Å². The lowest BCUT2D eigenvalue weighted by Crippen LogP contribution is -2.23. The molecule has 0 radical (unpaired) electrons. The highest BCUT2D eigenvalue weighted by atomic mass is 16.5. The molecule has 0 saturated carbocycles. The Morgan fingerprint density at radius 2 is 2.17 bits per heavy atom. The topological polar surface area (TPSA) is 115 Å². The van der Waals surface area contributed by atoms with Crippen LogP contribution in [0.5, 0.6) is 11.5 Å². The summed E-state index contributed by atoms with van der Waals surface area (Å²) < 4.78 is 10.4. The standard InChI is InChI=1S/C16H19N5O3/c1-23-9-6-7-12(13(8-9)24-2)18-15(17)21-16-19-11-5-3-4-10(11)14(22)20-16/h6-8H,3-5H2,1-2H3,(H4,17,18,19,20,21,22). The number of rotatable bonds is 4. The number of aryl methyl sites for hydroxylation is 1. The summed E-state index contributed by atoms with van der Waals surface area (Å²) in [6, 6.07) is 5.26. The van der Waals surface area contributed by atoms with E-state index in [-0.39, 0.29) is 17.5 Å². The number of aromatic amines is 1. The van der Waals surface area contributed by atoms with Gasteiger partial charge in [0, 0.05) is 11.6 Å². The Labute approximate surface area is 138 Å². The van der Waals surface area contributed by atoms with Gasteiger partial charge in [0.15, 0.2) is 0 Å². The van der Waals surface area contributed by atoms with Gasteiger partial charge < -0.3 is 20.5 Å². The van der Waals surface area contributed by atoms with Crippen molar-refractivity contribution in [1.29, 1.82) is 0 Å². The summed E-state index contributed by atoms with van der Waals surface area (Å²) >= 11 is 0. The summed E-state index contributed by atoms with van der Waals surface area (Å²) in [5.41, 5.74) is 7.94. The average Bonchev–Trinajstić information content (AvgIpc) is 3.04. The maximum atomic E-state index is 12.0. The van der Waals surface area contributed by atoms with Crippen LogP contribution in [0.1, 0.15) is 17.7 Å². The van der Waals surface area contributed by atoms with Crippen LogP contribution in [0.25, 0.3) is 0 Å². The molecule has 8 heteroatoms. The molecule has 0 amide bonds. The molecule has 0 aliphatic heterocycles. The number of methoxy groups -OCH3 is 2. The summed E-state index contributed by atoms with van der Waals surface area (Å²) in [5, 5.41) is 2.93. The molecule has 0 spiro atoms. The van der Waals surface area contributed by atoms with Gasteiger partial charge in [-0.05, 0) is 31.4 Å². The van der Waals surface area contributed by atoms with Gasteiger partial charge in [0.05, 0.1) is 25.6 Å². The average molecular weight is 329 g/mol. The fourth-order valence-electron chi connectivity index (χ4n) is 2.66. The van der Waals surface area contributed by atoms with Crippen molar-refractivity contribution in [3.63, 3.8) is 0 Å². The first kappa shape index (κ1) is 15.9. The Kier molecular flexibility index (Phi) is 4.37. The Bertz CT molecular complexity index is 844. The highest BCUT2D eigenvalue weighted by Gasteiger charge is 2.17. The Morgan fingerprint density at radius 1 is 1.33 bits per heavy atom. The van der Waals surface area contributed by atoms with Crippen LogP contribution in [0.3, 0.4) is 0 Å². The van der Waals surface area contributed by atoms with Crippen LogP contribution in [0, 0.1) is 0 Å². The van der Waals surface area contributed by atoms with E-state index in [2.05, 4.69) is 20.3 Å². The predicted molar refractivity (Wildman–Crippen MR) is 91.3 cm³/mol. The number of hydrogen-bond acceptors (Lipinski definition) is 5. The number of benzene rings is 1. The highest BCUT2D eigenvalue weighted by Crippen LogP contribution is 2.29. The minimum absolute atomic E-state index is 0.0968. The van der Waals surface area contributed by atoms with E-state index in [9.17, 15) is 4.79 Å². The fourth-order valence-corrected chi connectivity index (χ4v) is 2.66. The number of fused-ring (bicyclic) bond motifs is 1. The molecule has 1 aromatic carbocycles. The van der Waals surface area contributed by atoms with Crippen molar-refractivity contribution < 1.29 is 9.47 Å². The number of nitrogens with zero attached hydrogens (tertiary/aromatic N) is 2. The molecule has 8 nitrogen and oxygen atoms in total. The minimum Gasteiger partial charge on any atom is -0.497 e. The molecule has 1 heterocycles. The van der Waals surface area contributed by atoms with Crippen molar-refractivity contribution in [1.82, 2.24) is 9.97 Å². The second-order valence-corrected chi connectivity index (χ2v) is 5.36. The quantitative estimate of drug-likeness (QED) is 0.576. The molecule has 0 atom stereocenters. The Balaban J connectivity index is 1.85. The number of guanidine groups is 1. The number of aliphatic imine (C=N–C) groups is 1. The number of nitrogens with one attached hydrogen (secondary N) is 2. The molecule has 0 fully saturated rings. The largest absolute Gasteiger partial charge is 0.497 e. The van der Waals surface area contributed by atoms with Gasteiger partial charge in [0.1, 0.15) is 11.5 Å². The number of ether oxygens (including phenoxy) is 2. The normalized spacial score (nSPS) is 13.5. The molecule has 3 rings (SSSR count). The van der Waals surface area contributed by atoms with Crippen molar-refractivity contribution in [2.45, 2.75) is 19.3 Å². The molecule has 1 aromatic heterocycles. The van der Waals surface area contributed by atoms with Crippen molar-refractivity contribution in [3.05, 3.63) is 39.8 Å². The smallest absolute Gasteiger partial charge is 0.255 e. The zero-order valence-electron chi connectivity index (χ0n) is 13.5. The Morgan fingerprint density at radius 3 is 2.92 bits per heavy atom. The lowest BCUT2D eigenvalue weighted by molar-refractivity contribution is 0.395. The zero-order valence-corrected chi connectivity index (χ0v) is 13.5. The molecule has 1 aliphatic carbocycles. The molecule has 24 heavy (non-hydrogen) atoms. The lowest BCUT2D eigenvalue weighted by Gasteiger charge is -2.11. The van der Waals surface area contributed by atoms with Gasteiger partial charge in [-0.2, -0.15) is 4.99 Å². The van der Waals surface area contributed by atoms with Gasteiger partial charge in [-0.15, -0.1) is 0 Å². The first-order chi connectivity index (χ1) is 11.6. The van der Waals surface area contributed by atoms with Gasteiger partial charge in [-0.1, -0.05) is 0 Å².